The third kappa shape index (κ3) is 3.82. The molecule has 0 aromatic carbocycles. The molecule has 1 saturated carbocycles. The minimum Gasteiger partial charge on any atom is -0.375 e. The summed E-state index contributed by atoms with van der Waals surface area (Å²) >= 11 is 1.41. The molecule has 0 saturated heterocycles. The average molecular weight is 334 g/mol. The minimum absolute atomic E-state index is 0.221. The molecule has 1 aliphatic rings. The lowest BCUT2D eigenvalue weighted by molar-refractivity contribution is 0.252. The Morgan fingerprint density at radius 1 is 1.57 bits per heavy atom. The molecule has 2 heterocycles. The van der Waals surface area contributed by atoms with Gasteiger partial charge in [0.15, 0.2) is 5.13 Å². The molecule has 0 bridgehead atoms. The van der Waals surface area contributed by atoms with Crippen LogP contribution >= 0.6 is 11.3 Å². The molecule has 124 valence electrons. The highest BCUT2D eigenvalue weighted by Crippen LogP contribution is 2.40. The largest absolute Gasteiger partial charge is 0.375 e. The van der Waals surface area contributed by atoms with E-state index in [-0.39, 0.29) is 6.03 Å². The minimum atomic E-state index is -0.221. The highest BCUT2D eigenvalue weighted by atomic mass is 32.1. The molecule has 2 amide bonds. The van der Waals surface area contributed by atoms with Gasteiger partial charge >= 0.3 is 6.03 Å². The van der Waals surface area contributed by atoms with Crippen molar-refractivity contribution < 1.29 is 4.79 Å². The number of amides is 2. The number of carbonyl (C=O) groups is 1. The molecule has 1 fully saturated rings. The summed E-state index contributed by atoms with van der Waals surface area (Å²) in [5.74, 6) is 1.45. The maximum Gasteiger partial charge on any atom is 0.320 e. The van der Waals surface area contributed by atoms with Crippen molar-refractivity contribution in [3.63, 3.8) is 0 Å². The smallest absolute Gasteiger partial charge is 0.320 e. The Bertz CT molecular complexity index is 690. The number of aryl methyl sites for hydroxylation is 1. The molecule has 23 heavy (non-hydrogen) atoms. The van der Waals surface area contributed by atoms with E-state index >= 15 is 0 Å². The van der Waals surface area contributed by atoms with Crippen LogP contribution in [0, 0.1) is 12.8 Å². The van der Waals surface area contributed by atoms with Crippen LogP contribution in [0.25, 0.3) is 0 Å². The van der Waals surface area contributed by atoms with E-state index < -0.39 is 0 Å². The Morgan fingerprint density at radius 3 is 3.00 bits per heavy atom. The Kier molecular flexibility index (Phi) is 4.51. The molecule has 2 aromatic rings. The van der Waals surface area contributed by atoms with Crippen molar-refractivity contribution in [1.82, 2.24) is 20.1 Å². The van der Waals surface area contributed by atoms with Crippen LogP contribution in [0.4, 0.5) is 15.7 Å². The second-order valence-electron chi connectivity index (χ2n) is 6.01. The number of hydrogen-bond acceptors (Lipinski definition) is 5. The number of nitrogen functional groups attached to an aromatic ring is 1. The van der Waals surface area contributed by atoms with Crippen molar-refractivity contribution in [3.05, 3.63) is 22.8 Å². The van der Waals surface area contributed by atoms with Crippen molar-refractivity contribution in [3.8, 4) is 0 Å². The molecule has 1 unspecified atom stereocenters. The van der Waals surface area contributed by atoms with E-state index in [2.05, 4.69) is 27.6 Å². The van der Waals surface area contributed by atoms with Crippen molar-refractivity contribution in [1.29, 1.82) is 0 Å². The molecule has 0 aliphatic heterocycles. The summed E-state index contributed by atoms with van der Waals surface area (Å²) in [7, 11) is 0. The van der Waals surface area contributed by atoms with E-state index in [1.807, 2.05) is 17.0 Å². The summed E-state index contributed by atoms with van der Waals surface area (Å²) in [5, 5.41) is 12.6. The summed E-state index contributed by atoms with van der Waals surface area (Å²) in [5.41, 5.74) is 7.46. The zero-order valence-electron chi connectivity index (χ0n) is 13.4. The number of nitrogens with two attached hydrogens (primary N) is 1. The van der Waals surface area contributed by atoms with Crippen LogP contribution in [0.15, 0.2) is 11.6 Å². The monoisotopic (exact) mass is 334 g/mol. The fourth-order valence-electron chi connectivity index (χ4n) is 2.58. The molecule has 8 heteroatoms. The first-order chi connectivity index (χ1) is 11.0. The van der Waals surface area contributed by atoms with Gasteiger partial charge in [-0.2, -0.15) is 5.10 Å². The van der Waals surface area contributed by atoms with Gasteiger partial charge in [-0.25, -0.2) is 14.5 Å². The van der Waals surface area contributed by atoms with Crippen LogP contribution in [-0.2, 0) is 6.42 Å². The third-order valence-electron chi connectivity index (χ3n) is 4.14. The van der Waals surface area contributed by atoms with Crippen molar-refractivity contribution in [2.24, 2.45) is 5.92 Å². The summed E-state index contributed by atoms with van der Waals surface area (Å²) in [6.07, 6.45) is 4.94. The number of aromatic nitrogens is 3. The number of carbonyl (C=O) groups excluding carboxylic acids is 1. The Hall–Kier alpha value is -2.09. The first-order valence-electron chi connectivity index (χ1n) is 7.83. The summed E-state index contributed by atoms with van der Waals surface area (Å²) in [4.78, 5) is 16.3. The quantitative estimate of drug-likeness (QED) is 0.756. The van der Waals surface area contributed by atoms with Crippen LogP contribution in [0.2, 0.25) is 0 Å². The van der Waals surface area contributed by atoms with Gasteiger partial charge in [-0.1, -0.05) is 0 Å². The number of thiazole rings is 1. The molecule has 0 radical (unpaired) electrons. The second-order valence-corrected chi connectivity index (χ2v) is 6.90. The van der Waals surface area contributed by atoms with E-state index in [9.17, 15) is 4.79 Å². The Labute approximate surface area is 139 Å². The molecule has 3 rings (SSSR count). The Morgan fingerprint density at radius 2 is 2.35 bits per heavy atom. The van der Waals surface area contributed by atoms with Gasteiger partial charge in [0.2, 0.25) is 0 Å². The summed E-state index contributed by atoms with van der Waals surface area (Å²) < 4.78 is 1.92. The molecule has 1 atom stereocenters. The standard InChI is InChI=1S/C15H22N6OS/c1-9-7-18-21(10(2)11-3-4-11)13(9)20-15(22)17-6-5-12-8-23-14(16)19-12/h7-8,10-11H,3-6H2,1-2H3,(H2,16,19)(H2,17,20,22). The zero-order valence-corrected chi connectivity index (χ0v) is 14.2. The van der Waals surface area contributed by atoms with Crippen molar-refractivity contribution >= 4 is 28.3 Å². The normalized spacial score (nSPS) is 15.4. The average Bonchev–Trinajstić information content (AvgIpc) is 3.20. The highest BCUT2D eigenvalue weighted by molar-refractivity contribution is 7.13. The van der Waals surface area contributed by atoms with Crippen LogP contribution in [0.5, 0.6) is 0 Å². The van der Waals surface area contributed by atoms with Crippen LogP contribution in [-0.4, -0.2) is 27.3 Å². The van der Waals surface area contributed by atoms with Crippen LogP contribution < -0.4 is 16.4 Å². The molecule has 2 aromatic heterocycles. The van der Waals surface area contributed by atoms with E-state index in [4.69, 9.17) is 5.73 Å². The number of hydrogen-bond donors (Lipinski definition) is 3. The van der Waals surface area contributed by atoms with Crippen LogP contribution in [0.1, 0.15) is 37.1 Å². The topological polar surface area (TPSA) is 97.9 Å². The highest BCUT2D eigenvalue weighted by Gasteiger charge is 2.31. The fraction of sp³-hybridized carbons (Fsp3) is 0.533. The van der Waals surface area contributed by atoms with Gasteiger partial charge in [0, 0.05) is 23.9 Å². The van der Waals surface area contributed by atoms with Gasteiger partial charge in [0.05, 0.1) is 17.9 Å². The number of rotatable bonds is 6. The first-order valence-corrected chi connectivity index (χ1v) is 8.71. The lowest BCUT2D eigenvalue weighted by Gasteiger charge is -2.16. The van der Waals surface area contributed by atoms with Gasteiger partial charge < -0.3 is 11.1 Å². The molecule has 1 aliphatic carbocycles. The molecular weight excluding hydrogens is 312 g/mol. The lowest BCUT2D eigenvalue weighted by atomic mass is 10.2. The zero-order chi connectivity index (χ0) is 16.4. The molecular formula is C15H22N6OS. The van der Waals surface area contributed by atoms with E-state index in [1.54, 1.807) is 6.20 Å². The second kappa shape index (κ2) is 6.57. The number of nitrogens with one attached hydrogen (secondary N) is 2. The summed E-state index contributed by atoms with van der Waals surface area (Å²) in [6.45, 7) is 4.62. The van der Waals surface area contributed by atoms with Gasteiger partial charge in [-0.3, -0.25) is 5.32 Å². The van der Waals surface area contributed by atoms with Gasteiger partial charge in [0.1, 0.15) is 5.82 Å². The van der Waals surface area contributed by atoms with Gasteiger partial charge in [0.25, 0.3) is 0 Å². The Balaban J connectivity index is 1.54. The van der Waals surface area contributed by atoms with E-state index in [1.165, 1.54) is 24.2 Å². The lowest BCUT2D eigenvalue weighted by Crippen LogP contribution is -2.32. The van der Waals surface area contributed by atoms with E-state index in [0.29, 0.717) is 30.1 Å². The van der Waals surface area contributed by atoms with Gasteiger partial charge in [-0.15, -0.1) is 11.3 Å². The van der Waals surface area contributed by atoms with Crippen molar-refractivity contribution in [2.75, 3.05) is 17.6 Å². The molecule has 4 N–H and O–H groups in total. The fourth-order valence-corrected chi connectivity index (χ4v) is 3.18. The summed E-state index contributed by atoms with van der Waals surface area (Å²) in [6, 6.07) is 0.0954. The van der Waals surface area contributed by atoms with Crippen LogP contribution in [0.3, 0.4) is 0 Å². The van der Waals surface area contributed by atoms with Gasteiger partial charge in [-0.05, 0) is 32.6 Å². The predicted octanol–water partition coefficient (Wildman–Crippen LogP) is 2.57. The maximum atomic E-state index is 12.1. The number of anilines is 2. The number of nitrogens with zero attached hydrogens (tertiary/aromatic N) is 3. The SMILES string of the molecule is Cc1cnn(C(C)C2CC2)c1NC(=O)NCCc1csc(N)n1. The molecule has 0 spiro atoms. The maximum absolute atomic E-state index is 12.1. The predicted molar refractivity (Wildman–Crippen MR) is 91.7 cm³/mol. The number of urea groups is 1. The molecule has 7 nitrogen and oxygen atoms in total. The van der Waals surface area contributed by atoms with E-state index in [0.717, 1.165) is 17.1 Å². The van der Waals surface area contributed by atoms with Crippen molar-refractivity contribution in [2.45, 2.75) is 39.2 Å². The first kappa shape index (κ1) is 15.8. The third-order valence-corrected chi connectivity index (χ3v) is 4.86.